The highest BCUT2D eigenvalue weighted by atomic mass is 35.5. The van der Waals surface area contributed by atoms with Crippen LogP contribution in [0, 0.1) is 13.8 Å². The van der Waals surface area contributed by atoms with Crippen molar-refractivity contribution in [1.29, 1.82) is 0 Å². The van der Waals surface area contributed by atoms with Crippen LogP contribution in [0.1, 0.15) is 36.3 Å². The van der Waals surface area contributed by atoms with Crippen molar-refractivity contribution in [3.63, 3.8) is 0 Å². The first-order valence-electron chi connectivity index (χ1n) is 5.88. The number of aromatic nitrogens is 3. The Labute approximate surface area is 116 Å². The summed E-state index contributed by atoms with van der Waals surface area (Å²) in [4.78, 5) is 4.23. The Kier molecular flexibility index (Phi) is 3.92. The van der Waals surface area contributed by atoms with E-state index < -0.39 is 0 Å². The van der Waals surface area contributed by atoms with Gasteiger partial charge in [0.05, 0.1) is 29.8 Å². The zero-order valence-corrected chi connectivity index (χ0v) is 12.6. The molecule has 0 spiro atoms. The Morgan fingerprint density at radius 2 is 2.17 bits per heavy atom. The Morgan fingerprint density at radius 1 is 1.44 bits per heavy atom. The van der Waals surface area contributed by atoms with Gasteiger partial charge in [0.15, 0.2) is 0 Å². The van der Waals surface area contributed by atoms with Crippen LogP contribution in [0.25, 0.3) is 0 Å². The second-order valence-corrected chi connectivity index (χ2v) is 6.24. The van der Waals surface area contributed by atoms with Crippen molar-refractivity contribution < 1.29 is 0 Å². The lowest BCUT2D eigenvalue weighted by Gasteiger charge is -2.09. The maximum atomic E-state index is 5.86. The van der Waals surface area contributed by atoms with Crippen LogP contribution in [0.4, 0.5) is 5.69 Å². The first-order chi connectivity index (χ1) is 8.49. The third kappa shape index (κ3) is 2.67. The molecule has 0 aliphatic carbocycles. The summed E-state index contributed by atoms with van der Waals surface area (Å²) in [5.74, 6) is 0. The van der Waals surface area contributed by atoms with Gasteiger partial charge >= 0.3 is 0 Å². The normalized spacial score (nSPS) is 11.2. The molecule has 2 rings (SSSR count). The molecule has 0 radical (unpaired) electrons. The van der Waals surface area contributed by atoms with Crippen molar-refractivity contribution in [2.45, 2.75) is 40.3 Å². The predicted molar refractivity (Wildman–Crippen MR) is 76.5 cm³/mol. The minimum absolute atomic E-state index is 0.369. The SMILES string of the molecule is Cc1nn(C(C)C)c(C)c1NCc1ncc(Cl)s1. The molecular formula is C12H17ClN4S. The van der Waals surface area contributed by atoms with Gasteiger partial charge < -0.3 is 5.32 Å². The molecule has 0 amide bonds. The summed E-state index contributed by atoms with van der Waals surface area (Å²) >= 11 is 7.36. The van der Waals surface area contributed by atoms with E-state index in [1.54, 1.807) is 6.20 Å². The van der Waals surface area contributed by atoms with Gasteiger partial charge in [0, 0.05) is 6.04 Å². The van der Waals surface area contributed by atoms with E-state index in [-0.39, 0.29) is 0 Å². The topological polar surface area (TPSA) is 42.7 Å². The molecule has 1 N–H and O–H groups in total. The molecule has 4 nitrogen and oxygen atoms in total. The van der Waals surface area contributed by atoms with Crippen molar-refractivity contribution in [3.8, 4) is 0 Å². The molecule has 0 saturated carbocycles. The molecule has 0 aliphatic rings. The Balaban J connectivity index is 2.14. The predicted octanol–water partition coefficient (Wildman–Crippen LogP) is 3.80. The fraction of sp³-hybridized carbons (Fsp3) is 0.500. The lowest BCUT2D eigenvalue weighted by atomic mass is 10.3. The van der Waals surface area contributed by atoms with E-state index in [1.165, 1.54) is 11.3 Å². The second-order valence-electron chi connectivity index (χ2n) is 4.50. The Morgan fingerprint density at radius 3 is 2.67 bits per heavy atom. The maximum Gasteiger partial charge on any atom is 0.113 e. The third-order valence-corrected chi connectivity index (χ3v) is 3.87. The number of aryl methyl sites for hydroxylation is 1. The summed E-state index contributed by atoms with van der Waals surface area (Å²) in [5, 5.41) is 8.91. The summed E-state index contributed by atoms with van der Waals surface area (Å²) in [6.07, 6.45) is 1.68. The van der Waals surface area contributed by atoms with E-state index >= 15 is 0 Å². The molecule has 0 atom stereocenters. The molecule has 0 aromatic carbocycles. The lowest BCUT2D eigenvalue weighted by Crippen LogP contribution is -2.06. The van der Waals surface area contributed by atoms with Gasteiger partial charge in [-0.15, -0.1) is 11.3 Å². The summed E-state index contributed by atoms with van der Waals surface area (Å²) in [7, 11) is 0. The second kappa shape index (κ2) is 5.28. The molecule has 18 heavy (non-hydrogen) atoms. The fourth-order valence-electron chi connectivity index (χ4n) is 1.96. The number of anilines is 1. The fourth-order valence-corrected chi connectivity index (χ4v) is 2.85. The van der Waals surface area contributed by atoms with Gasteiger partial charge in [-0.1, -0.05) is 11.6 Å². The van der Waals surface area contributed by atoms with Crippen molar-refractivity contribution in [2.75, 3.05) is 5.32 Å². The standard InChI is InChI=1S/C12H17ClN4S/c1-7(2)17-9(4)12(8(3)16-17)15-6-11-14-5-10(13)18-11/h5,7,15H,6H2,1-4H3. The number of halogens is 1. The number of thiazole rings is 1. The van der Waals surface area contributed by atoms with E-state index in [1.807, 2.05) is 11.6 Å². The molecule has 0 fully saturated rings. The number of hydrogen-bond donors (Lipinski definition) is 1. The minimum Gasteiger partial charge on any atom is -0.376 e. The van der Waals surface area contributed by atoms with Crippen LogP contribution in [0.15, 0.2) is 6.20 Å². The van der Waals surface area contributed by atoms with Gasteiger partial charge in [-0.05, 0) is 27.7 Å². The van der Waals surface area contributed by atoms with Gasteiger partial charge in [-0.3, -0.25) is 4.68 Å². The largest absolute Gasteiger partial charge is 0.376 e. The van der Waals surface area contributed by atoms with E-state index in [4.69, 9.17) is 11.6 Å². The maximum absolute atomic E-state index is 5.86. The molecular weight excluding hydrogens is 268 g/mol. The smallest absolute Gasteiger partial charge is 0.113 e. The quantitative estimate of drug-likeness (QED) is 0.928. The molecule has 2 heterocycles. The first-order valence-corrected chi connectivity index (χ1v) is 7.08. The molecule has 0 saturated heterocycles. The van der Waals surface area contributed by atoms with E-state index in [2.05, 4.69) is 36.2 Å². The minimum atomic E-state index is 0.369. The number of nitrogens with zero attached hydrogens (tertiary/aromatic N) is 3. The highest BCUT2D eigenvalue weighted by Gasteiger charge is 2.13. The number of hydrogen-bond acceptors (Lipinski definition) is 4. The molecule has 0 aliphatic heterocycles. The number of rotatable bonds is 4. The van der Waals surface area contributed by atoms with Crippen LogP contribution >= 0.6 is 22.9 Å². The van der Waals surface area contributed by atoms with Crippen molar-refractivity contribution in [3.05, 3.63) is 26.9 Å². The molecule has 2 aromatic heterocycles. The average Bonchev–Trinajstić information content (AvgIpc) is 2.82. The summed E-state index contributed by atoms with van der Waals surface area (Å²) in [6, 6.07) is 0.369. The average molecular weight is 285 g/mol. The van der Waals surface area contributed by atoms with E-state index in [0.717, 1.165) is 26.4 Å². The Hall–Kier alpha value is -1.07. The summed E-state index contributed by atoms with van der Waals surface area (Å²) in [5.41, 5.74) is 3.27. The van der Waals surface area contributed by atoms with E-state index in [9.17, 15) is 0 Å². The van der Waals surface area contributed by atoms with Crippen LogP contribution in [0.5, 0.6) is 0 Å². The first kappa shape index (κ1) is 13.4. The zero-order chi connectivity index (χ0) is 13.3. The highest BCUT2D eigenvalue weighted by molar-refractivity contribution is 7.15. The van der Waals surface area contributed by atoms with Gasteiger partial charge in [0.2, 0.25) is 0 Å². The molecule has 0 bridgehead atoms. The van der Waals surface area contributed by atoms with Crippen LogP contribution < -0.4 is 5.32 Å². The Bertz CT molecular complexity index is 544. The van der Waals surface area contributed by atoms with Gasteiger partial charge in [0.25, 0.3) is 0 Å². The zero-order valence-electron chi connectivity index (χ0n) is 11.0. The summed E-state index contributed by atoms with van der Waals surface area (Å²) in [6.45, 7) is 9.04. The molecule has 6 heteroatoms. The molecule has 98 valence electrons. The summed E-state index contributed by atoms with van der Waals surface area (Å²) < 4.78 is 2.75. The monoisotopic (exact) mass is 284 g/mol. The van der Waals surface area contributed by atoms with Crippen molar-refractivity contribution in [2.24, 2.45) is 0 Å². The highest BCUT2D eigenvalue weighted by Crippen LogP contribution is 2.24. The molecule has 2 aromatic rings. The van der Waals surface area contributed by atoms with Gasteiger partial charge in [0.1, 0.15) is 9.34 Å². The molecule has 0 unspecified atom stereocenters. The van der Waals surface area contributed by atoms with Crippen molar-refractivity contribution >= 4 is 28.6 Å². The van der Waals surface area contributed by atoms with Crippen LogP contribution in [-0.4, -0.2) is 14.8 Å². The van der Waals surface area contributed by atoms with Crippen LogP contribution in [0.3, 0.4) is 0 Å². The number of nitrogens with one attached hydrogen (secondary N) is 1. The van der Waals surface area contributed by atoms with Gasteiger partial charge in [-0.2, -0.15) is 5.10 Å². The van der Waals surface area contributed by atoms with Crippen LogP contribution in [-0.2, 0) is 6.54 Å². The lowest BCUT2D eigenvalue weighted by molar-refractivity contribution is 0.516. The van der Waals surface area contributed by atoms with E-state index in [0.29, 0.717) is 12.6 Å². The van der Waals surface area contributed by atoms with Crippen LogP contribution in [0.2, 0.25) is 4.34 Å². The van der Waals surface area contributed by atoms with Gasteiger partial charge in [-0.25, -0.2) is 4.98 Å². The van der Waals surface area contributed by atoms with Crippen molar-refractivity contribution in [1.82, 2.24) is 14.8 Å². The third-order valence-electron chi connectivity index (χ3n) is 2.76.